The van der Waals surface area contributed by atoms with E-state index in [1.807, 2.05) is 6.07 Å². The smallest absolute Gasteiger partial charge is 0.210 e. The number of hydrogen-bond donors (Lipinski definition) is 0. The van der Waals surface area contributed by atoms with Gasteiger partial charge in [-0.05, 0) is 0 Å². The van der Waals surface area contributed by atoms with Crippen molar-refractivity contribution in [2.24, 2.45) is 5.10 Å². The fourth-order valence-electron chi connectivity index (χ4n) is 0.703. The lowest BCUT2D eigenvalue weighted by Crippen LogP contribution is -2.19. The maximum Gasteiger partial charge on any atom is 0.210 e. The average Bonchev–Trinajstić information content (AvgIpc) is 2.10. The predicted molar refractivity (Wildman–Crippen MR) is 30.3 cm³/mol. The third-order valence-corrected chi connectivity index (χ3v) is 1.23. The molecule has 3 nitrogen and oxygen atoms in total. The Balaban J connectivity index is 2.63. The van der Waals surface area contributed by atoms with E-state index < -0.39 is 12.0 Å². The fraction of sp³-hybridized carbons (Fsp3) is 0.600. The first-order chi connectivity index (χ1) is 4.24. The first-order valence-corrected chi connectivity index (χ1v) is 2.59. The molecule has 0 aromatic carbocycles. The van der Waals surface area contributed by atoms with Crippen LogP contribution in [0.2, 0.25) is 0 Å². The van der Waals surface area contributed by atoms with Crippen LogP contribution in [0.5, 0.6) is 0 Å². The summed E-state index contributed by atoms with van der Waals surface area (Å²) in [5.41, 5.74) is 0. The van der Waals surface area contributed by atoms with Gasteiger partial charge in [0.15, 0.2) is 0 Å². The number of hydrazone groups is 1. The van der Waals surface area contributed by atoms with Gasteiger partial charge in [0.1, 0.15) is 6.04 Å². The van der Waals surface area contributed by atoms with Crippen LogP contribution in [-0.2, 0) is 0 Å². The normalized spacial score (nSPS) is 25.7. The topological polar surface area (TPSA) is 39.4 Å². The monoisotopic (exact) mass is 127 g/mol. The van der Waals surface area contributed by atoms with Gasteiger partial charge in [-0.3, -0.25) is 5.01 Å². The summed E-state index contributed by atoms with van der Waals surface area (Å²) >= 11 is 0. The maximum atomic E-state index is 12.2. The van der Waals surface area contributed by atoms with E-state index in [1.165, 1.54) is 5.01 Å². The lowest BCUT2D eigenvalue weighted by molar-refractivity contribution is 0.335. The molecule has 0 saturated heterocycles. The molecular weight excluding hydrogens is 121 g/mol. The average molecular weight is 127 g/mol. The van der Waals surface area contributed by atoms with Crippen molar-refractivity contribution in [1.29, 1.82) is 5.26 Å². The number of rotatable bonds is 0. The van der Waals surface area contributed by atoms with Crippen LogP contribution >= 0.6 is 0 Å². The zero-order valence-corrected chi connectivity index (χ0v) is 5.00. The first-order valence-electron chi connectivity index (χ1n) is 2.59. The summed E-state index contributed by atoms with van der Waals surface area (Å²) in [6.07, 6.45) is 0.132. The highest BCUT2D eigenvalue weighted by atomic mass is 19.1. The minimum atomic E-state index is -0.455. The molecule has 0 aromatic rings. The predicted octanol–water partition coefficient (Wildman–Crippen LogP) is 0.497. The standard InChI is InChI=1S/C5H6FN3/c1-9-4(3-7)2-5(6)8-9/h4H,2H2,1H3/t4-/m0/s1. The largest absolute Gasteiger partial charge is 0.280 e. The van der Waals surface area contributed by atoms with Crippen LogP contribution < -0.4 is 0 Å². The summed E-state index contributed by atoms with van der Waals surface area (Å²) in [6.45, 7) is 0. The molecule has 0 aliphatic carbocycles. The molecule has 1 heterocycles. The molecule has 1 atom stereocenters. The minimum Gasteiger partial charge on any atom is -0.280 e. The molecule has 0 aromatic heterocycles. The Morgan fingerprint density at radius 1 is 2.00 bits per heavy atom. The molecule has 1 rings (SSSR count). The SMILES string of the molecule is CN1N=C(F)C[C@H]1C#N. The third-order valence-electron chi connectivity index (χ3n) is 1.23. The van der Waals surface area contributed by atoms with E-state index in [4.69, 9.17) is 5.26 Å². The molecule has 9 heavy (non-hydrogen) atoms. The van der Waals surface area contributed by atoms with Crippen molar-refractivity contribution >= 4 is 5.97 Å². The highest BCUT2D eigenvalue weighted by Crippen LogP contribution is 2.11. The van der Waals surface area contributed by atoms with Gasteiger partial charge in [-0.2, -0.15) is 14.8 Å². The van der Waals surface area contributed by atoms with E-state index >= 15 is 0 Å². The molecular formula is C5H6FN3. The van der Waals surface area contributed by atoms with Crippen LogP contribution in [0.3, 0.4) is 0 Å². The quantitative estimate of drug-likeness (QED) is 0.475. The zero-order valence-electron chi connectivity index (χ0n) is 5.00. The van der Waals surface area contributed by atoms with E-state index in [-0.39, 0.29) is 6.42 Å². The lowest BCUT2D eigenvalue weighted by atomic mass is 10.2. The third kappa shape index (κ3) is 0.992. The summed E-state index contributed by atoms with van der Waals surface area (Å²) in [6, 6.07) is 1.52. The van der Waals surface area contributed by atoms with E-state index in [0.29, 0.717) is 0 Å². The number of hydrogen-bond acceptors (Lipinski definition) is 3. The van der Waals surface area contributed by atoms with Gasteiger partial charge in [0, 0.05) is 7.05 Å². The summed E-state index contributed by atoms with van der Waals surface area (Å²) in [5.74, 6) is -0.455. The van der Waals surface area contributed by atoms with Crippen molar-refractivity contribution in [2.75, 3.05) is 7.05 Å². The summed E-state index contributed by atoms with van der Waals surface area (Å²) in [5, 5.41) is 13.1. The second kappa shape index (κ2) is 2.02. The second-order valence-corrected chi connectivity index (χ2v) is 1.90. The minimum absolute atomic E-state index is 0.132. The molecule has 0 spiro atoms. The molecule has 0 saturated carbocycles. The molecule has 0 amide bonds. The summed E-state index contributed by atoms with van der Waals surface area (Å²) < 4.78 is 12.2. The van der Waals surface area contributed by atoms with Crippen molar-refractivity contribution < 1.29 is 4.39 Å². The van der Waals surface area contributed by atoms with Crippen LogP contribution in [0, 0.1) is 11.3 Å². The Hall–Kier alpha value is -1.11. The van der Waals surface area contributed by atoms with Gasteiger partial charge >= 0.3 is 0 Å². The van der Waals surface area contributed by atoms with E-state index in [1.54, 1.807) is 7.05 Å². The molecule has 48 valence electrons. The molecule has 4 heteroatoms. The van der Waals surface area contributed by atoms with Crippen molar-refractivity contribution in [3.05, 3.63) is 0 Å². The van der Waals surface area contributed by atoms with Crippen molar-refractivity contribution in [2.45, 2.75) is 12.5 Å². The van der Waals surface area contributed by atoms with Gasteiger partial charge in [-0.15, -0.1) is 0 Å². The van der Waals surface area contributed by atoms with Crippen molar-refractivity contribution in [3.8, 4) is 6.07 Å². The van der Waals surface area contributed by atoms with Crippen molar-refractivity contribution in [1.82, 2.24) is 5.01 Å². The summed E-state index contributed by atoms with van der Waals surface area (Å²) in [7, 11) is 1.58. The second-order valence-electron chi connectivity index (χ2n) is 1.90. The van der Waals surface area contributed by atoms with Gasteiger partial charge in [0.25, 0.3) is 0 Å². The Morgan fingerprint density at radius 3 is 2.89 bits per heavy atom. The number of nitrogens with zero attached hydrogens (tertiary/aromatic N) is 3. The van der Waals surface area contributed by atoms with Gasteiger partial charge in [0.05, 0.1) is 12.5 Å². The fourth-order valence-corrected chi connectivity index (χ4v) is 0.703. The molecule has 1 aliphatic heterocycles. The molecule has 0 fully saturated rings. The highest BCUT2D eigenvalue weighted by molar-refractivity contribution is 5.77. The summed E-state index contributed by atoms with van der Waals surface area (Å²) in [4.78, 5) is 0. The zero-order chi connectivity index (χ0) is 6.85. The number of halogens is 1. The molecule has 0 unspecified atom stereocenters. The lowest BCUT2D eigenvalue weighted by Gasteiger charge is -2.08. The number of nitriles is 1. The Labute approximate surface area is 52.4 Å². The van der Waals surface area contributed by atoms with Gasteiger partial charge < -0.3 is 0 Å². The molecule has 1 aliphatic rings. The van der Waals surface area contributed by atoms with E-state index in [2.05, 4.69) is 5.10 Å². The van der Waals surface area contributed by atoms with Crippen molar-refractivity contribution in [3.63, 3.8) is 0 Å². The van der Waals surface area contributed by atoms with E-state index in [0.717, 1.165) is 0 Å². The molecule has 0 bridgehead atoms. The molecule has 0 radical (unpaired) electrons. The van der Waals surface area contributed by atoms with Gasteiger partial charge in [-0.25, -0.2) is 0 Å². The van der Waals surface area contributed by atoms with Crippen LogP contribution in [0.15, 0.2) is 5.10 Å². The maximum absolute atomic E-state index is 12.2. The first kappa shape index (κ1) is 6.02. The Kier molecular flexibility index (Phi) is 1.35. The Morgan fingerprint density at radius 2 is 2.67 bits per heavy atom. The van der Waals surface area contributed by atoms with Gasteiger partial charge in [-0.1, -0.05) is 0 Å². The van der Waals surface area contributed by atoms with Crippen LogP contribution in [0.4, 0.5) is 4.39 Å². The highest BCUT2D eigenvalue weighted by Gasteiger charge is 2.22. The van der Waals surface area contributed by atoms with Gasteiger partial charge in [0.2, 0.25) is 5.97 Å². The van der Waals surface area contributed by atoms with E-state index in [9.17, 15) is 4.39 Å². The Bertz CT molecular complexity index is 181. The van der Waals surface area contributed by atoms with Crippen LogP contribution in [-0.4, -0.2) is 24.1 Å². The molecule has 0 N–H and O–H groups in total. The van der Waals surface area contributed by atoms with Crippen LogP contribution in [0.25, 0.3) is 0 Å². The van der Waals surface area contributed by atoms with Crippen LogP contribution in [0.1, 0.15) is 6.42 Å².